The van der Waals surface area contributed by atoms with E-state index >= 15 is 0 Å². The quantitative estimate of drug-likeness (QED) is 0.470. The van der Waals surface area contributed by atoms with Crippen molar-refractivity contribution in [1.29, 1.82) is 0 Å². The Morgan fingerprint density at radius 3 is 2.04 bits per heavy atom. The van der Waals surface area contributed by atoms with Gasteiger partial charge in [-0.15, -0.1) is 0 Å². The third kappa shape index (κ3) is 3.70. The van der Waals surface area contributed by atoms with Crippen LogP contribution in [-0.2, 0) is 4.79 Å². The van der Waals surface area contributed by atoms with Crippen molar-refractivity contribution in [1.82, 2.24) is 0 Å². The molecule has 0 radical (unpaired) electrons. The number of amides is 1. The van der Waals surface area contributed by atoms with Gasteiger partial charge in [-0.1, -0.05) is 23.2 Å². The summed E-state index contributed by atoms with van der Waals surface area (Å²) < 4.78 is 70.8. The molecule has 0 atom stereocenters. The number of hydrogen-bond donors (Lipinski definition) is 1. The van der Waals surface area contributed by atoms with Crippen molar-refractivity contribution in [2.24, 2.45) is 0 Å². The van der Waals surface area contributed by atoms with E-state index in [2.05, 4.69) is 0 Å². The molecule has 2 aromatic rings. The molecule has 10 heteroatoms. The molecule has 1 amide bonds. The van der Waals surface area contributed by atoms with Crippen LogP contribution < -0.4 is 10.1 Å². The maximum absolute atomic E-state index is 13.4. The Hall–Kier alpha value is -2.06. The van der Waals surface area contributed by atoms with Gasteiger partial charge in [0.1, 0.15) is 11.4 Å². The number of hydrogen-bond acceptors (Lipinski definition) is 2. The van der Waals surface area contributed by atoms with Crippen molar-refractivity contribution >= 4 is 34.8 Å². The maximum atomic E-state index is 13.4. The summed E-state index contributed by atoms with van der Waals surface area (Å²) in [6.07, 6.45) is 0. The topological polar surface area (TPSA) is 38.3 Å². The number of nitrogens with one attached hydrogen (secondary N) is 1. The molecule has 0 aliphatic heterocycles. The van der Waals surface area contributed by atoms with Crippen molar-refractivity contribution in [2.75, 3.05) is 11.9 Å². The Kier molecular flexibility index (Phi) is 5.51. The molecule has 0 spiro atoms. The molecule has 0 aliphatic carbocycles. The first-order valence-electron chi connectivity index (χ1n) is 6.11. The van der Waals surface area contributed by atoms with Gasteiger partial charge < -0.3 is 10.1 Å². The highest BCUT2D eigenvalue weighted by Gasteiger charge is 2.26. The smallest absolute Gasteiger partial charge is 0.262 e. The standard InChI is InChI=1S/C14H6Cl2F5NO2/c15-5-1-2-7(6(16)3-5)24-4-8(23)22-14-12(20)10(18)9(17)11(19)13(14)21/h1-3H,4H2,(H,22,23). The summed E-state index contributed by atoms with van der Waals surface area (Å²) in [6.45, 7) is -0.791. The predicted octanol–water partition coefficient (Wildman–Crippen LogP) is 4.71. The molecular weight excluding hydrogens is 380 g/mol. The monoisotopic (exact) mass is 385 g/mol. The van der Waals surface area contributed by atoms with E-state index in [1.807, 2.05) is 0 Å². The second kappa shape index (κ2) is 7.23. The van der Waals surface area contributed by atoms with Crippen LogP contribution in [0.5, 0.6) is 5.75 Å². The summed E-state index contributed by atoms with van der Waals surface area (Å²) in [5, 5.41) is 1.92. The van der Waals surface area contributed by atoms with E-state index in [0.717, 1.165) is 0 Å². The first kappa shape index (κ1) is 18.3. The average Bonchev–Trinajstić information content (AvgIpc) is 2.54. The fraction of sp³-hybridized carbons (Fsp3) is 0.0714. The third-order valence-electron chi connectivity index (χ3n) is 2.73. The van der Waals surface area contributed by atoms with E-state index in [9.17, 15) is 26.7 Å². The minimum atomic E-state index is -2.33. The summed E-state index contributed by atoms with van der Waals surface area (Å²) in [6, 6.07) is 4.06. The summed E-state index contributed by atoms with van der Waals surface area (Å²) in [5.74, 6) is -12.1. The molecule has 2 rings (SSSR count). The van der Waals surface area contributed by atoms with Gasteiger partial charge in [-0.3, -0.25) is 4.79 Å². The highest BCUT2D eigenvalue weighted by molar-refractivity contribution is 6.35. The summed E-state index contributed by atoms with van der Waals surface area (Å²) >= 11 is 11.4. The van der Waals surface area contributed by atoms with E-state index in [-0.39, 0.29) is 10.8 Å². The first-order chi connectivity index (χ1) is 11.2. The van der Waals surface area contributed by atoms with Gasteiger partial charge in [0.2, 0.25) is 5.82 Å². The highest BCUT2D eigenvalue weighted by atomic mass is 35.5. The zero-order valence-electron chi connectivity index (χ0n) is 11.4. The Balaban J connectivity index is 2.13. The number of benzene rings is 2. The van der Waals surface area contributed by atoms with Crippen LogP contribution in [0.3, 0.4) is 0 Å². The van der Waals surface area contributed by atoms with Gasteiger partial charge in [-0.05, 0) is 18.2 Å². The van der Waals surface area contributed by atoms with Crippen molar-refractivity contribution < 1.29 is 31.5 Å². The molecule has 0 heterocycles. The molecule has 128 valence electrons. The Morgan fingerprint density at radius 2 is 1.50 bits per heavy atom. The molecule has 0 bridgehead atoms. The van der Waals surface area contributed by atoms with Crippen LogP contribution in [0.25, 0.3) is 0 Å². The van der Waals surface area contributed by atoms with Crippen LogP contribution in [0.15, 0.2) is 18.2 Å². The van der Waals surface area contributed by atoms with Crippen LogP contribution in [0, 0.1) is 29.1 Å². The van der Waals surface area contributed by atoms with Crippen LogP contribution in [0.4, 0.5) is 27.6 Å². The number of ether oxygens (including phenoxy) is 1. The molecule has 0 saturated heterocycles. The number of anilines is 1. The van der Waals surface area contributed by atoms with Gasteiger partial charge in [0.15, 0.2) is 29.9 Å². The molecule has 0 aromatic heterocycles. The van der Waals surface area contributed by atoms with Crippen LogP contribution in [0.1, 0.15) is 0 Å². The number of carbonyl (C=O) groups is 1. The van der Waals surface area contributed by atoms with Gasteiger partial charge in [-0.25, -0.2) is 22.0 Å². The van der Waals surface area contributed by atoms with Gasteiger partial charge in [0.05, 0.1) is 5.02 Å². The fourth-order valence-electron chi connectivity index (χ4n) is 1.63. The van der Waals surface area contributed by atoms with E-state index in [1.54, 1.807) is 5.32 Å². The lowest BCUT2D eigenvalue weighted by atomic mass is 10.2. The lowest BCUT2D eigenvalue weighted by molar-refractivity contribution is -0.118. The third-order valence-corrected chi connectivity index (χ3v) is 3.26. The minimum absolute atomic E-state index is 0.0358. The lowest BCUT2D eigenvalue weighted by Gasteiger charge is -2.11. The number of halogens is 7. The van der Waals surface area contributed by atoms with Crippen LogP contribution in [-0.4, -0.2) is 12.5 Å². The van der Waals surface area contributed by atoms with E-state index < -0.39 is 47.3 Å². The molecule has 0 saturated carbocycles. The molecular formula is C14H6Cl2F5NO2. The predicted molar refractivity (Wildman–Crippen MR) is 76.8 cm³/mol. The van der Waals surface area contributed by atoms with E-state index in [1.165, 1.54) is 18.2 Å². The largest absolute Gasteiger partial charge is 0.482 e. The Labute approximate surface area is 141 Å². The van der Waals surface area contributed by atoms with Crippen LogP contribution >= 0.6 is 23.2 Å². The summed E-state index contributed by atoms with van der Waals surface area (Å²) in [5.41, 5.74) is -1.47. The Bertz CT molecular complexity index is 787. The summed E-state index contributed by atoms with van der Waals surface area (Å²) in [7, 11) is 0. The van der Waals surface area contributed by atoms with Gasteiger partial charge in [0, 0.05) is 5.02 Å². The summed E-state index contributed by atoms with van der Waals surface area (Å²) in [4.78, 5) is 11.6. The van der Waals surface area contributed by atoms with E-state index in [0.29, 0.717) is 5.02 Å². The van der Waals surface area contributed by atoms with Crippen molar-refractivity contribution in [2.45, 2.75) is 0 Å². The van der Waals surface area contributed by atoms with Crippen molar-refractivity contribution in [3.8, 4) is 5.75 Å². The van der Waals surface area contributed by atoms with Gasteiger partial charge >= 0.3 is 0 Å². The normalized spacial score (nSPS) is 10.6. The molecule has 0 aliphatic rings. The maximum Gasteiger partial charge on any atom is 0.262 e. The number of rotatable bonds is 4. The second-order valence-electron chi connectivity index (χ2n) is 4.36. The SMILES string of the molecule is O=C(COc1ccc(Cl)cc1Cl)Nc1c(F)c(F)c(F)c(F)c1F. The van der Waals surface area contributed by atoms with E-state index in [4.69, 9.17) is 27.9 Å². The average molecular weight is 386 g/mol. The van der Waals surface area contributed by atoms with Crippen molar-refractivity contribution in [3.63, 3.8) is 0 Å². The van der Waals surface area contributed by atoms with Gasteiger partial charge in [-0.2, -0.15) is 0 Å². The number of carbonyl (C=O) groups excluding carboxylic acids is 1. The molecule has 0 unspecified atom stereocenters. The molecule has 1 N–H and O–H groups in total. The second-order valence-corrected chi connectivity index (χ2v) is 5.20. The fourth-order valence-corrected chi connectivity index (χ4v) is 2.09. The zero-order chi connectivity index (χ0) is 18.0. The molecule has 0 fully saturated rings. The van der Waals surface area contributed by atoms with Gasteiger partial charge in [0.25, 0.3) is 5.91 Å². The molecule has 24 heavy (non-hydrogen) atoms. The molecule has 2 aromatic carbocycles. The zero-order valence-corrected chi connectivity index (χ0v) is 12.9. The van der Waals surface area contributed by atoms with Crippen molar-refractivity contribution in [3.05, 3.63) is 57.3 Å². The first-order valence-corrected chi connectivity index (χ1v) is 6.87. The highest BCUT2D eigenvalue weighted by Crippen LogP contribution is 2.28. The molecule has 3 nitrogen and oxygen atoms in total. The minimum Gasteiger partial charge on any atom is -0.482 e. The lowest BCUT2D eigenvalue weighted by Crippen LogP contribution is -2.22. The van der Waals surface area contributed by atoms with Crippen LogP contribution in [0.2, 0.25) is 10.0 Å². The Morgan fingerprint density at radius 1 is 0.958 bits per heavy atom.